The normalized spacial score (nSPS) is 18.8. The molecular weight excluding hydrogens is 378 g/mol. The molecule has 2 aromatic rings. The standard InChI is InChI=1S/C20H29N3O2S2/c1-5-12(2)9-15-14(4)27-19-17(15)18(25)21-20(22-19)26-11-16(24)23-8-6-7-13(3)10-23/h12-13H,5-11H2,1-4H3,(H,21,22,25)/t12-,13-/m0/s1. The number of likely N-dealkylation sites (tertiary alicyclic amines) is 1. The molecular formula is C20H29N3O2S2. The third-order valence-electron chi connectivity index (χ3n) is 5.43. The fourth-order valence-electron chi connectivity index (χ4n) is 3.60. The van der Waals surface area contributed by atoms with E-state index in [-0.39, 0.29) is 11.5 Å². The minimum Gasteiger partial charge on any atom is -0.342 e. The van der Waals surface area contributed by atoms with E-state index in [1.807, 2.05) is 4.90 Å². The molecule has 7 heteroatoms. The van der Waals surface area contributed by atoms with E-state index in [9.17, 15) is 9.59 Å². The monoisotopic (exact) mass is 407 g/mol. The molecule has 0 aliphatic carbocycles. The summed E-state index contributed by atoms with van der Waals surface area (Å²) in [4.78, 5) is 36.6. The van der Waals surface area contributed by atoms with Crippen LogP contribution in [0, 0.1) is 18.8 Å². The van der Waals surface area contributed by atoms with Crippen LogP contribution in [0.5, 0.6) is 0 Å². The van der Waals surface area contributed by atoms with Gasteiger partial charge in [0, 0.05) is 18.0 Å². The highest BCUT2D eigenvalue weighted by molar-refractivity contribution is 7.99. The van der Waals surface area contributed by atoms with E-state index in [4.69, 9.17) is 0 Å². The SMILES string of the molecule is CC[C@H](C)Cc1c(C)sc2nc(SCC(=O)N3CCC[C@H](C)C3)[nH]c(=O)c12. The molecule has 0 spiro atoms. The molecule has 0 aromatic carbocycles. The Labute approximate surface area is 169 Å². The van der Waals surface area contributed by atoms with Crippen LogP contribution in [-0.4, -0.2) is 39.6 Å². The number of rotatable bonds is 6. The van der Waals surface area contributed by atoms with Gasteiger partial charge in [0.15, 0.2) is 5.16 Å². The van der Waals surface area contributed by atoms with Crippen molar-refractivity contribution in [2.45, 2.75) is 58.5 Å². The van der Waals surface area contributed by atoms with E-state index < -0.39 is 0 Å². The number of thioether (sulfide) groups is 1. The lowest BCUT2D eigenvalue weighted by atomic mass is 9.98. The van der Waals surface area contributed by atoms with Crippen LogP contribution in [0.1, 0.15) is 50.5 Å². The number of carbonyl (C=O) groups excluding carboxylic acids is 1. The summed E-state index contributed by atoms with van der Waals surface area (Å²) < 4.78 is 0. The van der Waals surface area contributed by atoms with Crippen LogP contribution in [0.4, 0.5) is 0 Å². The molecule has 3 rings (SSSR count). The first-order valence-corrected chi connectivity index (χ1v) is 11.6. The third-order valence-corrected chi connectivity index (χ3v) is 7.33. The number of H-pyrrole nitrogens is 1. The van der Waals surface area contributed by atoms with Gasteiger partial charge in [-0.3, -0.25) is 9.59 Å². The van der Waals surface area contributed by atoms with E-state index in [2.05, 4.69) is 37.7 Å². The lowest BCUT2D eigenvalue weighted by molar-refractivity contribution is -0.130. The van der Waals surface area contributed by atoms with Crippen molar-refractivity contribution < 1.29 is 4.79 Å². The van der Waals surface area contributed by atoms with Crippen molar-refractivity contribution in [1.29, 1.82) is 0 Å². The summed E-state index contributed by atoms with van der Waals surface area (Å²) in [6.45, 7) is 10.3. The van der Waals surface area contributed by atoms with Crippen molar-refractivity contribution in [3.05, 3.63) is 20.8 Å². The second kappa shape index (κ2) is 8.78. The lowest BCUT2D eigenvalue weighted by Gasteiger charge is -2.30. The number of thiophene rings is 1. The molecule has 1 saturated heterocycles. The molecule has 2 aromatic heterocycles. The first kappa shape index (κ1) is 20.4. The summed E-state index contributed by atoms with van der Waals surface area (Å²) in [7, 11) is 0. The maximum absolute atomic E-state index is 12.7. The number of piperidine rings is 1. The Morgan fingerprint density at radius 2 is 2.26 bits per heavy atom. The molecule has 0 radical (unpaired) electrons. The van der Waals surface area contributed by atoms with E-state index in [0.29, 0.717) is 22.7 Å². The molecule has 1 fully saturated rings. The number of nitrogens with one attached hydrogen (secondary N) is 1. The number of aromatic amines is 1. The van der Waals surface area contributed by atoms with Gasteiger partial charge in [-0.2, -0.15) is 0 Å². The van der Waals surface area contributed by atoms with Crippen molar-refractivity contribution in [2.75, 3.05) is 18.8 Å². The Balaban J connectivity index is 1.75. The van der Waals surface area contributed by atoms with Crippen LogP contribution in [0.25, 0.3) is 10.2 Å². The van der Waals surface area contributed by atoms with E-state index >= 15 is 0 Å². The summed E-state index contributed by atoms with van der Waals surface area (Å²) in [5, 5.41) is 1.28. The molecule has 0 unspecified atom stereocenters. The molecule has 2 atom stereocenters. The summed E-state index contributed by atoms with van der Waals surface area (Å²) in [6, 6.07) is 0. The zero-order valence-corrected chi connectivity index (χ0v) is 18.3. The fraction of sp³-hybridized carbons (Fsp3) is 0.650. The topological polar surface area (TPSA) is 66.1 Å². The van der Waals surface area contributed by atoms with Crippen LogP contribution in [-0.2, 0) is 11.2 Å². The van der Waals surface area contributed by atoms with Crippen LogP contribution in [0.15, 0.2) is 9.95 Å². The van der Waals surface area contributed by atoms with Crippen LogP contribution in [0.3, 0.4) is 0 Å². The molecule has 27 heavy (non-hydrogen) atoms. The molecule has 1 N–H and O–H groups in total. The molecule has 0 bridgehead atoms. The average Bonchev–Trinajstić information content (AvgIpc) is 2.95. The number of aromatic nitrogens is 2. The van der Waals surface area contributed by atoms with E-state index in [0.717, 1.165) is 48.1 Å². The maximum Gasteiger partial charge on any atom is 0.260 e. The number of aryl methyl sites for hydroxylation is 1. The predicted molar refractivity (Wildman–Crippen MR) is 114 cm³/mol. The van der Waals surface area contributed by atoms with Gasteiger partial charge in [-0.25, -0.2) is 4.98 Å². The number of carbonyl (C=O) groups is 1. The van der Waals surface area contributed by atoms with E-state index in [1.54, 1.807) is 11.3 Å². The fourth-order valence-corrected chi connectivity index (χ4v) is 5.47. The van der Waals surface area contributed by atoms with Crippen LogP contribution in [0.2, 0.25) is 0 Å². The Morgan fingerprint density at radius 1 is 1.48 bits per heavy atom. The largest absolute Gasteiger partial charge is 0.342 e. The number of amides is 1. The molecule has 0 saturated carbocycles. The van der Waals surface area contributed by atoms with Gasteiger partial charge in [-0.1, -0.05) is 39.0 Å². The average molecular weight is 408 g/mol. The zero-order valence-electron chi connectivity index (χ0n) is 16.6. The highest BCUT2D eigenvalue weighted by Crippen LogP contribution is 2.30. The Kier molecular flexibility index (Phi) is 6.63. The molecule has 1 aliphatic rings. The second-order valence-electron chi connectivity index (χ2n) is 7.78. The first-order valence-electron chi connectivity index (χ1n) is 9.81. The van der Waals surface area contributed by atoms with Crippen molar-refractivity contribution in [3.8, 4) is 0 Å². The Bertz CT molecular complexity index is 874. The first-order chi connectivity index (χ1) is 12.9. The summed E-state index contributed by atoms with van der Waals surface area (Å²) in [5.74, 6) is 1.57. The van der Waals surface area contributed by atoms with Crippen LogP contribution >= 0.6 is 23.1 Å². The van der Waals surface area contributed by atoms with Gasteiger partial charge < -0.3 is 9.88 Å². The highest BCUT2D eigenvalue weighted by Gasteiger charge is 2.22. The minimum absolute atomic E-state index is 0.0794. The summed E-state index contributed by atoms with van der Waals surface area (Å²) in [5.41, 5.74) is 1.05. The molecule has 1 aliphatic heterocycles. The second-order valence-corrected chi connectivity index (χ2v) is 9.95. The zero-order chi connectivity index (χ0) is 19.6. The highest BCUT2D eigenvalue weighted by atomic mass is 32.2. The quantitative estimate of drug-likeness (QED) is 0.575. The van der Waals surface area contributed by atoms with Crippen molar-refractivity contribution in [2.24, 2.45) is 11.8 Å². The number of hydrogen-bond acceptors (Lipinski definition) is 5. The Morgan fingerprint density at radius 3 is 2.96 bits per heavy atom. The lowest BCUT2D eigenvalue weighted by Crippen LogP contribution is -2.40. The maximum atomic E-state index is 12.7. The van der Waals surface area contributed by atoms with Gasteiger partial charge in [-0.05, 0) is 43.6 Å². The number of nitrogens with zero attached hydrogens (tertiary/aromatic N) is 2. The van der Waals surface area contributed by atoms with Gasteiger partial charge in [0.2, 0.25) is 5.91 Å². The third kappa shape index (κ3) is 4.74. The van der Waals surface area contributed by atoms with Gasteiger partial charge in [0.25, 0.3) is 5.56 Å². The predicted octanol–water partition coefficient (Wildman–Crippen LogP) is 4.23. The molecule has 148 valence electrons. The van der Waals surface area contributed by atoms with Gasteiger partial charge >= 0.3 is 0 Å². The number of fused-ring (bicyclic) bond motifs is 1. The van der Waals surface area contributed by atoms with Crippen molar-refractivity contribution in [3.63, 3.8) is 0 Å². The summed E-state index contributed by atoms with van der Waals surface area (Å²) in [6.07, 6.45) is 4.27. The Hall–Kier alpha value is -1.34. The van der Waals surface area contributed by atoms with Gasteiger partial charge in [0.05, 0.1) is 11.1 Å². The molecule has 1 amide bonds. The van der Waals surface area contributed by atoms with Gasteiger partial charge in [0.1, 0.15) is 4.83 Å². The molecule has 3 heterocycles. The number of hydrogen-bond donors (Lipinski definition) is 1. The molecule has 5 nitrogen and oxygen atoms in total. The van der Waals surface area contributed by atoms with Gasteiger partial charge in [-0.15, -0.1) is 11.3 Å². The van der Waals surface area contributed by atoms with E-state index in [1.165, 1.54) is 23.1 Å². The van der Waals surface area contributed by atoms with Crippen LogP contribution < -0.4 is 5.56 Å². The smallest absolute Gasteiger partial charge is 0.260 e. The minimum atomic E-state index is -0.0794. The van der Waals surface area contributed by atoms with Crippen molar-refractivity contribution >= 4 is 39.2 Å². The summed E-state index contributed by atoms with van der Waals surface area (Å²) >= 11 is 2.92. The van der Waals surface area contributed by atoms with Crippen molar-refractivity contribution in [1.82, 2.24) is 14.9 Å².